The van der Waals surface area contributed by atoms with Crippen LogP contribution < -0.4 is 19.7 Å². The molecule has 1 aromatic heterocycles. The van der Waals surface area contributed by atoms with Crippen molar-refractivity contribution in [2.75, 3.05) is 50.1 Å². The summed E-state index contributed by atoms with van der Waals surface area (Å²) in [6, 6.07) is 16.7. The third-order valence-corrected chi connectivity index (χ3v) is 6.04. The minimum Gasteiger partial charge on any atom is 0 e. The van der Waals surface area contributed by atoms with Crippen molar-refractivity contribution in [1.82, 2.24) is 9.88 Å². The zero-order valence-corrected chi connectivity index (χ0v) is 23.0. The molecule has 1 N–H and O–H groups in total. The third-order valence-electron chi connectivity index (χ3n) is 5.43. The molecule has 0 atom stereocenters. The number of anilines is 2. The Morgan fingerprint density at radius 3 is 2.62 bits per heavy atom. The molecule has 1 saturated heterocycles. The number of hydrogen-bond acceptors (Lipinski definition) is 7. The van der Waals surface area contributed by atoms with Gasteiger partial charge in [-0.1, -0.05) is 5.92 Å². The summed E-state index contributed by atoms with van der Waals surface area (Å²) in [7, 11) is 1.58. The van der Waals surface area contributed by atoms with Crippen LogP contribution in [0, 0.1) is 29.7 Å². The Morgan fingerprint density at radius 2 is 1.97 bits per heavy atom. The van der Waals surface area contributed by atoms with E-state index in [1.807, 2.05) is 36.4 Å². The van der Waals surface area contributed by atoms with Crippen molar-refractivity contribution in [3.8, 4) is 29.9 Å². The maximum Gasteiger partial charge on any atom is 0 e. The first-order valence-corrected chi connectivity index (χ1v) is 11.1. The van der Waals surface area contributed by atoms with E-state index in [1.54, 1.807) is 13.3 Å². The minimum atomic E-state index is 0. The summed E-state index contributed by atoms with van der Waals surface area (Å²) in [6.07, 6.45) is 6.94. The minimum absolute atomic E-state index is 0. The zero-order chi connectivity index (χ0) is 23.2. The number of nitrogens with one attached hydrogen (secondary N) is 1. The first-order valence-electron chi connectivity index (χ1n) is 10.4. The maximum atomic E-state index is 9.79. The number of aromatic nitrogens is 1. The molecule has 2 heterocycles. The third kappa shape index (κ3) is 5.81. The molecule has 1 radical (unpaired) electrons. The van der Waals surface area contributed by atoms with Gasteiger partial charge >= 0.3 is 190 Å². The van der Waals surface area contributed by atoms with Crippen LogP contribution in [0.5, 0.6) is 11.5 Å². The Morgan fingerprint density at radius 1 is 1.24 bits per heavy atom. The van der Waals surface area contributed by atoms with Crippen molar-refractivity contribution in [2.24, 2.45) is 0 Å². The fourth-order valence-electron chi connectivity index (χ4n) is 3.82. The molecule has 0 spiro atoms. The zero-order valence-electron chi connectivity index (χ0n) is 18.8. The van der Waals surface area contributed by atoms with Crippen molar-refractivity contribution in [1.29, 1.82) is 5.26 Å². The number of hydrogen-bond donors (Lipinski definition) is 1. The van der Waals surface area contributed by atoms with Crippen LogP contribution in [0.15, 0.2) is 42.6 Å². The second kappa shape index (κ2) is 12.4. The van der Waals surface area contributed by atoms with Gasteiger partial charge in [0.2, 0.25) is 0 Å². The van der Waals surface area contributed by atoms with Crippen molar-refractivity contribution in [2.45, 2.75) is 0 Å². The molecule has 168 valence electrons. The van der Waals surface area contributed by atoms with E-state index in [4.69, 9.17) is 15.9 Å². The molecule has 0 bridgehead atoms. The quantitative estimate of drug-likeness (QED) is 0.350. The number of ether oxygens (including phenoxy) is 2. The summed E-state index contributed by atoms with van der Waals surface area (Å²) < 4.78 is 12.2. The SMILES string of the molecule is C#CCOc1cc2ncc(C#N)c(N3CCN([C](=[V])Nc4cc[c-]cc4)CC3)c2cc1OC.[Y]. The number of benzene rings is 2. The van der Waals surface area contributed by atoms with E-state index in [1.165, 1.54) is 0 Å². The predicted molar refractivity (Wildman–Crippen MR) is 125 cm³/mol. The van der Waals surface area contributed by atoms with Crippen molar-refractivity contribution in [3.05, 3.63) is 54.2 Å². The van der Waals surface area contributed by atoms with Crippen LogP contribution in [-0.2, 0) is 49.7 Å². The molecular formula is C25H22N5O2VY-. The van der Waals surface area contributed by atoms with Gasteiger partial charge in [-0.05, 0) is 0 Å². The summed E-state index contributed by atoms with van der Waals surface area (Å²) in [5.74, 6) is 3.55. The molecule has 0 amide bonds. The number of pyridine rings is 1. The van der Waals surface area contributed by atoms with Gasteiger partial charge in [-0.3, -0.25) is 0 Å². The Labute approximate surface area is 233 Å². The molecule has 0 unspecified atom stereocenters. The van der Waals surface area contributed by atoms with Crippen LogP contribution >= 0.6 is 0 Å². The van der Waals surface area contributed by atoms with E-state index in [2.05, 4.69) is 55.1 Å². The summed E-state index contributed by atoms with van der Waals surface area (Å²) in [5.41, 5.74) is 3.14. The fourth-order valence-corrected chi connectivity index (χ4v) is 4.33. The number of fused-ring (bicyclic) bond motifs is 1. The largest absolute Gasteiger partial charge is 0 e. The van der Waals surface area contributed by atoms with Gasteiger partial charge in [-0.25, -0.2) is 0 Å². The molecule has 2 aromatic carbocycles. The summed E-state index contributed by atoms with van der Waals surface area (Å²) >= 11 is 2.61. The molecule has 0 aliphatic carbocycles. The normalized spacial score (nSPS) is 13.3. The summed E-state index contributed by atoms with van der Waals surface area (Å²) in [5, 5.41) is 14.1. The molecule has 9 heteroatoms. The average Bonchev–Trinajstić information content (AvgIpc) is 2.86. The van der Waals surface area contributed by atoms with E-state index in [0.29, 0.717) is 17.1 Å². The number of terminal acetylenes is 1. The molecule has 3 aromatic rings. The van der Waals surface area contributed by atoms with Crippen molar-refractivity contribution < 1.29 is 59.2 Å². The van der Waals surface area contributed by atoms with Crippen LogP contribution in [0.25, 0.3) is 10.9 Å². The number of nitriles is 1. The van der Waals surface area contributed by atoms with Crippen LogP contribution in [-0.4, -0.2) is 54.3 Å². The van der Waals surface area contributed by atoms with Gasteiger partial charge in [0.15, 0.2) is 0 Å². The number of nitrogens with zero attached hydrogens (tertiary/aromatic N) is 4. The monoisotopic (exact) mass is 564 g/mol. The fraction of sp³-hybridized carbons (Fsp3) is 0.240. The van der Waals surface area contributed by atoms with Crippen LogP contribution in [0.3, 0.4) is 0 Å². The Kier molecular flexibility index (Phi) is 9.53. The van der Waals surface area contributed by atoms with E-state index in [-0.39, 0.29) is 39.3 Å². The second-order valence-electron chi connectivity index (χ2n) is 7.36. The summed E-state index contributed by atoms with van der Waals surface area (Å²) in [4.78, 5) is 9.00. The first-order chi connectivity index (χ1) is 16.1. The van der Waals surface area contributed by atoms with E-state index in [0.717, 1.165) is 52.9 Å². The summed E-state index contributed by atoms with van der Waals surface area (Å²) in [6.45, 7) is 3.28. The van der Waals surface area contributed by atoms with E-state index < -0.39 is 0 Å². The molecule has 0 saturated carbocycles. The Bertz CT molecular complexity index is 1250. The smallest absolute Gasteiger partial charge is 0 e. The number of rotatable bonds is 7. The van der Waals surface area contributed by atoms with E-state index in [9.17, 15) is 5.26 Å². The van der Waals surface area contributed by atoms with Gasteiger partial charge in [0.05, 0.1) is 0 Å². The van der Waals surface area contributed by atoms with Gasteiger partial charge in [0, 0.05) is 32.7 Å². The van der Waals surface area contributed by atoms with Crippen LogP contribution in [0.1, 0.15) is 5.56 Å². The number of methoxy groups -OCH3 is 1. The van der Waals surface area contributed by atoms with E-state index >= 15 is 0 Å². The molecule has 1 aliphatic rings. The topological polar surface area (TPSA) is 73.7 Å². The molecule has 1 aliphatic heterocycles. The molecule has 4 rings (SSSR count). The van der Waals surface area contributed by atoms with Gasteiger partial charge < -0.3 is 0 Å². The van der Waals surface area contributed by atoms with Crippen molar-refractivity contribution >= 4 is 26.8 Å². The van der Waals surface area contributed by atoms with Gasteiger partial charge in [0.1, 0.15) is 0 Å². The van der Waals surface area contributed by atoms with Gasteiger partial charge in [-0.15, -0.1) is 6.42 Å². The maximum absolute atomic E-state index is 9.79. The molecule has 7 nitrogen and oxygen atoms in total. The first kappa shape index (κ1) is 26.2. The number of piperazine rings is 1. The van der Waals surface area contributed by atoms with Crippen LogP contribution in [0.4, 0.5) is 11.4 Å². The van der Waals surface area contributed by atoms with Gasteiger partial charge in [-0.2, -0.15) is 0 Å². The Balaban J connectivity index is 0.00000324. The molecular weight excluding hydrogens is 542 g/mol. The molecule has 1 fully saturated rings. The van der Waals surface area contributed by atoms with Gasteiger partial charge in [0.25, 0.3) is 0 Å². The molecule has 34 heavy (non-hydrogen) atoms. The predicted octanol–water partition coefficient (Wildman–Crippen LogP) is 2.79. The average molecular weight is 564 g/mol. The van der Waals surface area contributed by atoms with Crippen LogP contribution in [0.2, 0.25) is 0 Å². The second-order valence-corrected chi connectivity index (χ2v) is 8.02. The Hall–Kier alpha value is -2.38. The van der Waals surface area contributed by atoms with Crippen molar-refractivity contribution in [3.63, 3.8) is 0 Å². The standard InChI is InChI=1S/C25H22N5O2.V.Y/c1-3-13-32-24-15-22-21(14-23(24)31-2)25(19(16-26)17-27-22)30-11-9-29(10-12-30)18-28-20-7-5-4-6-8-20;;/h1,5-8,14-15,17,28H,9-13H2,2H3;;/q-1;;.